The van der Waals surface area contributed by atoms with Gasteiger partial charge in [-0.05, 0) is 38.7 Å². The van der Waals surface area contributed by atoms with Gasteiger partial charge in [0, 0.05) is 25.3 Å². The monoisotopic (exact) mass is 330 g/mol. The van der Waals surface area contributed by atoms with E-state index in [1.54, 1.807) is 17.8 Å². The van der Waals surface area contributed by atoms with Crippen molar-refractivity contribution in [2.75, 3.05) is 6.61 Å². The molecule has 4 rings (SSSR count). The quantitative estimate of drug-likeness (QED) is 0.888. The van der Waals surface area contributed by atoms with Gasteiger partial charge >= 0.3 is 0 Å². The minimum atomic E-state index is -0.280. The normalized spacial score (nSPS) is 22.0. The van der Waals surface area contributed by atoms with E-state index >= 15 is 0 Å². The molecular formula is C17H22N4O3. The third kappa shape index (κ3) is 2.62. The Balaban J connectivity index is 1.71. The summed E-state index contributed by atoms with van der Waals surface area (Å²) in [6.45, 7) is 2.69. The fourth-order valence-electron chi connectivity index (χ4n) is 3.42. The highest BCUT2D eigenvalue weighted by Crippen LogP contribution is 2.39. The average molecular weight is 330 g/mol. The molecule has 0 aromatic carbocycles. The van der Waals surface area contributed by atoms with E-state index in [9.17, 15) is 9.59 Å². The third-order valence-electron chi connectivity index (χ3n) is 4.96. The molecule has 128 valence electrons. The molecular weight excluding hydrogens is 308 g/mol. The van der Waals surface area contributed by atoms with Crippen LogP contribution in [0.15, 0.2) is 10.9 Å². The highest BCUT2D eigenvalue weighted by molar-refractivity contribution is 6.05. The number of ether oxygens (including phenoxy) is 1. The first-order chi connectivity index (χ1) is 11.5. The summed E-state index contributed by atoms with van der Waals surface area (Å²) >= 11 is 0. The van der Waals surface area contributed by atoms with Gasteiger partial charge in [-0.1, -0.05) is 0 Å². The molecule has 1 saturated heterocycles. The number of carbonyl (C=O) groups is 1. The van der Waals surface area contributed by atoms with E-state index in [0.29, 0.717) is 22.5 Å². The lowest BCUT2D eigenvalue weighted by atomic mass is 10.1. The smallest absolute Gasteiger partial charge is 0.274 e. The van der Waals surface area contributed by atoms with Crippen LogP contribution in [-0.4, -0.2) is 39.4 Å². The summed E-state index contributed by atoms with van der Waals surface area (Å²) in [4.78, 5) is 29.7. The van der Waals surface area contributed by atoms with Crippen molar-refractivity contribution in [2.45, 2.75) is 50.7 Å². The van der Waals surface area contributed by atoms with Gasteiger partial charge in [0.1, 0.15) is 0 Å². The first-order valence-electron chi connectivity index (χ1n) is 8.56. The SMILES string of the molecule is C[C@@H](NC(=O)c1cc(C2CC2)nc2c1c(=O)[nH]n2C)[C@@H]1CCCO1. The first kappa shape index (κ1) is 15.4. The van der Waals surface area contributed by atoms with Gasteiger partial charge in [0.25, 0.3) is 11.5 Å². The number of amides is 1. The van der Waals surface area contributed by atoms with Crippen molar-refractivity contribution in [1.82, 2.24) is 20.1 Å². The third-order valence-corrected chi connectivity index (χ3v) is 4.96. The Morgan fingerprint density at radius 2 is 2.25 bits per heavy atom. The maximum atomic E-state index is 12.8. The minimum Gasteiger partial charge on any atom is -0.376 e. The van der Waals surface area contributed by atoms with E-state index in [1.165, 1.54) is 0 Å². The number of fused-ring (bicyclic) bond motifs is 1. The van der Waals surface area contributed by atoms with Crippen molar-refractivity contribution in [1.29, 1.82) is 0 Å². The van der Waals surface area contributed by atoms with Gasteiger partial charge in [-0.3, -0.25) is 19.4 Å². The maximum absolute atomic E-state index is 12.8. The van der Waals surface area contributed by atoms with Crippen LogP contribution in [0.25, 0.3) is 11.0 Å². The zero-order chi connectivity index (χ0) is 16.8. The highest BCUT2D eigenvalue weighted by atomic mass is 16.5. The van der Waals surface area contributed by atoms with E-state index < -0.39 is 0 Å². The summed E-state index contributed by atoms with van der Waals surface area (Å²) in [6.07, 6.45) is 4.19. The predicted octanol–water partition coefficient (Wildman–Crippen LogP) is 1.44. The number of aromatic amines is 1. The molecule has 2 aromatic rings. The molecule has 0 unspecified atom stereocenters. The summed E-state index contributed by atoms with van der Waals surface area (Å²) in [5, 5.41) is 6.06. The molecule has 2 fully saturated rings. The number of rotatable bonds is 4. The Morgan fingerprint density at radius 1 is 1.46 bits per heavy atom. The van der Waals surface area contributed by atoms with E-state index in [4.69, 9.17) is 4.74 Å². The van der Waals surface area contributed by atoms with Crippen molar-refractivity contribution in [3.63, 3.8) is 0 Å². The lowest BCUT2D eigenvalue weighted by molar-refractivity contribution is 0.0713. The van der Waals surface area contributed by atoms with Gasteiger partial charge < -0.3 is 10.1 Å². The van der Waals surface area contributed by atoms with Gasteiger partial charge in [0.2, 0.25) is 0 Å². The van der Waals surface area contributed by atoms with Gasteiger partial charge in [-0.15, -0.1) is 0 Å². The summed E-state index contributed by atoms with van der Waals surface area (Å²) in [7, 11) is 1.74. The molecule has 2 N–H and O–H groups in total. The van der Waals surface area contributed by atoms with Crippen molar-refractivity contribution in [3.05, 3.63) is 27.7 Å². The van der Waals surface area contributed by atoms with Crippen LogP contribution in [0.5, 0.6) is 0 Å². The number of carbonyl (C=O) groups excluding carboxylic acids is 1. The zero-order valence-electron chi connectivity index (χ0n) is 14.0. The molecule has 7 nitrogen and oxygen atoms in total. The molecule has 1 amide bonds. The summed E-state index contributed by atoms with van der Waals surface area (Å²) in [6, 6.07) is 1.70. The standard InChI is InChI=1S/C17H22N4O3/c1-9(13-4-3-7-24-13)18-16(22)11-8-12(10-5-6-10)19-15-14(11)17(23)20-21(15)2/h8-10,13H,3-7H2,1-2H3,(H,18,22)(H,20,23)/t9-,13+/m1/s1. The molecule has 2 aromatic heterocycles. The number of nitrogens with zero attached hydrogens (tertiary/aromatic N) is 2. The molecule has 2 aliphatic rings. The fourth-order valence-corrected chi connectivity index (χ4v) is 3.42. The molecule has 24 heavy (non-hydrogen) atoms. The minimum absolute atomic E-state index is 0.0447. The van der Waals surface area contributed by atoms with Crippen LogP contribution in [-0.2, 0) is 11.8 Å². The van der Waals surface area contributed by atoms with E-state index in [0.717, 1.165) is 38.0 Å². The van der Waals surface area contributed by atoms with Crippen molar-refractivity contribution in [3.8, 4) is 0 Å². The highest BCUT2D eigenvalue weighted by Gasteiger charge is 2.30. The summed E-state index contributed by atoms with van der Waals surface area (Å²) in [5.74, 6) is 0.172. The average Bonchev–Trinajstić information content (AvgIpc) is 3.18. The second kappa shape index (κ2) is 5.73. The molecule has 1 saturated carbocycles. The zero-order valence-corrected chi connectivity index (χ0v) is 14.0. The maximum Gasteiger partial charge on any atom is 0.274 e. The molecule has 7 heteroatoms. The van der Waals surface area contributed by atoms with Gasteiger partial charge in [0.15, 0.2) is 5.65 Å². The summed E-state index contributed by atoms with van der Waals surface area (Å²) in [5.41, 5.74) is 1.57. The van der Waals surface area contributed by atoms with E-state index in [-0.39, 0.29) is 23.6 Å². The lowest BCUT2D eigenvalue weighted by Gasteiger charge is -2.20. The number of pyridine rings is 1. The molecule has 3 heterocycles. The Morgan fingerprint density at radius 3 is 2.92 bits per heavy atom. The number of hydrogen-bond acceptors (Lipinski definition) is 4. The van der Waals surface area contributed by atoms with Crippen LogP contribution < -0.4 is 10.9 Å². The molecule has 0 spiro atoms. The Hall–Kier alpha value is -2.15. The molecule has 1 aliphatic heterocycles. The summed E-state index contributed by atoms with van der Waals surface area (Å²) < 4.78 is 7.23. The van der Waals surface area contributed by atoms with Crippen molar-refractivity contribution in [2.24, 2.45) is 7.05 Å². The van der Waals surface area contributed by atoms with Gasteiger partial charge in [-0.2, -0.15) is 0 Å². The van der Waals surface area contributed by atoms with Crippen LogP contribution in [0.4, 0.5) is 0 Å². The van der Waals surface area contributed by atoms with Crippen LogP contribution in [0.3, 0.4) is 0 Å². The Labute approximate surface area is 139 Å². The van der Waals surface area contributed by atoms with Crippen LogP contribution in [0, 0.1) is 0 Å². The lowest BCUT2D eigenvalue weighted by Crippen LogP contribution is -2.41. The first-order valence-corrected chi connectivity index (χ1v) is 8.56. The van der Waals surface area contributed by atoms with Gasteiger partial charge in [0.05, 0.1) is 23.1 Å². The van der Waals surface area contributed by atoms with Crippen LogP contribution >= 0.6 is 0 Å². The predicted molar refractivity (Wildman–Crippen MR) is 89.2 cm³/mol. The number of aryl methyl sites for hydroxylation is 1. The topological polar surface area (TPSA) is 89.0 Å². The van der Waals surface area contributed by atoms with E-state index in [2.05, 4.69) is 15.4 Å². The largest absolute Gasteiger partial charge is 0.376 e. The van der Waals surface area contributed by atoms with Crippen molar-refractivity contribution < 1.29 is 9.53 Å². The van der Waals surface area contributed by atoms with Crippen LogP contribution in [0.2, 0.25) is 0 Å². The number of aromatic nitrogens is 3. The molecule has 0 radical (unpaired) electrons. The van der Waals surface area contributed by atoms with Crippen molar-refractivity contribution >= 4 is 16.9 Å². The second-order valence-corrected chi connectivity index (χ2v) is 6.88. The van der Waals surface area contributed by atoms with E-state index in [1.807, 2.05) is 6.92 Å². The Bertz CT molecular complexity index is 843. The second-order valence-electron chi connectivity index (χ2n) is 6.88. The molecule has 0 bridgehead atoms. The Kier molecular flexibility index (Phi) is 3.68. The number of nitrogens with one attached hydrogen (secondary N) is 2. The van der Waals surface area contributed by atoms with Crippen LogP contribution in [0.1, 0.15) is 54.6 Å². The molecule has 1 aliphatic carbocycles. The fraction of sp³-hybridized carbons (Fsp3) is 0.588. The number of H-pyrrole nitrogens is 1. The molecule has 2 atom stereocenters. The van der Waals surface area contributed by atoms with Gasteiger partial charge in [-0.25, -0.2) is 4.98 Å². The number of hydrogen-bond donors (Lipinski definition) is 2.